The van der Waals surface area contributed by atoms with Gasteiger partial charge in [-0.05, 0) is 51.3 Å². The molecule has 0 saturated carbocycles. The van der Waals surface area contributed by atoms with Crippen LogP contribution >= 0.6 is 0 Å². The number of carbonyl (C=O) groups excluding carboxylic acids is 2. The third-order valence-electron chi connectivity index (χ3n) is 3.92. The van der Waals surface area contributed by atoms with Gasteiger partial charge in [-0.15, -0.1) is 0 Å². The molecule has 1 aliphatic rings. The molecule has 0 radical (unpaired) electrons. The molecular formula is C19H24FNO4. The monoisotopic (exact) mass is 349 g/mol. The van der Waals surface area contributed by atoms with Crippen molar-refractivity contribution in [2.75, 3.05) is 7.11 Å². The average Bonchev–Trinajstić information content (AvgIpc) is 2.95. The van der Waals surface area contributed by atoms with Crippen LogP contribution in [0, 0.1) is 5.82 Å². The summed E-state index contributed by atoms with van der Waals surface area (Å²) in [6, 6.07) is 5.58. The molecule has 0 N–H and O–H groups in total. The van der Waals surface area contributed by atoms with Gasteiger partial charge in [0.05, 0.1) is 19.2 Å². The van der Waals surface area contributed by atoms with Gasteiger partial charge in [0.1, 0.15) is 11.4 Å². The fraction of sp³-hybridized carbons (Fsp3) is 0.474. The van der Waals surface area contributed by atoms with Gasteiger partial charge in [0, 0.05) is 6.08 Å². The number of rotatable bonds is 3. The molecule has 0 aliphatic carbocycles. The Balaban J connectivity index is 2.31. The first-order valence-corrected chi connectivity index (χ1v) is 8.24. The van der Waals surface area contributed by atoms with Gasteiger partial charge in [-0.2, -0.15) is 0 Å². The minimum atomic E-state index is -0.650. The van der Waals surface area contributed by atoms with Gasteiger partial charge < -0.3 is 9.47 Å². The first kappa shape index (κ1) is 19.0. The van der Waals surface area contributed by atoms with Crippen LogP contribution in [0.15, 0.2) is 36.4 Å². The molecule has 1 amide bonds. The summed E-state index contributed by atoms with van der Waals surface area (Å²) in [5.41, 5.74) is 0.0581. The maximum absolute atomic E-state index is 13.6. The fourth-order valence-electron chi connectivity index (χ4n) is 2.90. The predicted molar refractivity (Wildman–Crippen MR) is 91.4 cm³/mol. The van der Waals surface area contributed by atoms with Crippen LogP contribution in [-0.2, 0) is 14.3 Å². The van der Waals surface area contributed by atoms with Crippen molar-refractivity contribution in [2.24, 2.45) is 0 Å². The van der Waals surface area contributed by atoms with Crippen LogP contribution in [-0.4, -0.2) is 35.7 Å². The predicted octanol–water partition coefficient (Wildman–Crippen LogP) is 4.00. The molecule has 136 valence electrons. The number of halogens is 1. The topological polar surface area (TPSA) is 55.8 Å². The van der Waals surface area contributed by atoms with E-state index in [0.29, 0.717) is 18.4 Å². The molecular weight excluding hydrogens is 325 g/mol. The van der Waals surface area contributed by atoms with E-state index in [1.165, 1.54) is 25.3 Å². The molecule has 0 bridgehead atoms. The number of carbonyl (C=O) groups is 2. The van der Waals surface area contributed by atoms with Gasteiger partial charge >= 0.3 is 12.1 Å². The molecule has 2 rings (SSSR count). The Kier molecular flexibility index (Phi) is 5.82. The summed E-state index contributed by atoms with van der Waals surface area (Å²) >= 11 is 0. The number of nitrogens with zero attached hydrogens (tertiary/aromatic N) is 1. The minimum absolute atomic E-state index is 0.308. The van der Waals surface area contributed by atoms with Crippen molar-refractivity contribution in [3.05, 3.63) is 47.8 Å². The van der Waals surface area contributed by atoms with Crippen molar-refractivity contribution in [3.8, 4) is 0 Å². The molecule has 0 unspecified atom stereocenters. The Morgan fingerprint density at radius 3 is 2.60 bits per heavy atom. The highest BCUT2D eigenvalue weighted by molar-refractivity contribution is 5.82. The summed E-state index contributed by atoms with van der Waals surface area (Å²) < 4.78 is 23.7. The Bertz CT molecular complexity index is 666. The van der Waals surface area contributed by atoms with E-state index in [4.69, 9.17) is 4.74 Å². The molecule has 2 atom stereocenters. The normalized spacial score (nSPS) is 20.8. The van der Waals surface area contributed by atoms with E-state index in [1.54, 1.807) is 43.9 Å². The summed E-state index contributed by atoms with van der Waals surface area (Å²) in [6.07, 6.45) is 3.75. The van der Waals surface area contributed by atoms with Gasteiger partial charge in [-0.3, -0.25) is 4.90 Å². The maximum atomic E-state index is 13.6. The van der Waals surface area contributed by atoms with Crippen molar-refractivity contribution in [3.63, 3.8) is 0 Å². The van der Waals surface area contributed by atoms with Gasteiger partial charge in [0.15, 0.2) is 0 Å². The molecule has 0 aromatic heterocycles. The zero-order valence-corrected chi connectivity index (χ0v) is 15.0. The third kappa shape index (κ3) is 5.05. The quantitative estimate of drug-likeness (QED) is 0.611. The highest BCUT2D eigenvalue weighted by atomic mass is 19.1. The molecule has 5 nitrogen and oxygen atoms in total. The van der Waals surface area contributed by atoms with Crippen molar-refractivity contribution < 1.29 is 23.5 Å². The SMILES string of the molecule is COC(=O)/C=C/[C@H]1CC[C@@H](c2cccc(F)c2)N1C(=O)OC(C)(C)C. The van der Waals surface area contributed by atoms with Crippen LogP contribution < -0.4 is 0 Å². The summed E-state index contributed by atoms with van der Waals surface area (Å²) in [5, 5.41) is 0. The molecule has 25 heavy (non-hydrogen) atoms. The number of hydrogen-bond donors (Lipinski definition) is 0. The number of benzene rings is 1. The van der Waals surface area contributed by atoms with Gasteiger partial charge in [-0.1, -0.05) is 18.2 Å². The zero-order valence-electron chi connectivity index (χ0n) is 15.0. The molecule has 0 spiro atoms. The van der Waals surface area contributed by atoms with Crippen LogP contribution in [0.2, 0.25) is 0 Å². The summed E-state index contributed by atoms with van der Waals surface area (Å²) in [5.74, 6) is -0.839. The van der Waals surface area contributed by atoms with Crippen LogP contribution in [0.25, 0.3) is 0 Å². The van der Waals surface area contributed by atoms with E-state index >= 15 is 0 Å². The first-order valence-electron chi connectivity index (χ1n) is 8.24. The van der Waals surface area contributed by atoms with Crippen molar-refractivity contribution in [1.29, 1.82) is 0 Å². The van der Waals surface area contributed by atoms with Crippen molar-refractivity contribution >= 4 is 12.1 Å². The number of amides is 1. The van der Waals surface area contributed by atoms with E-state index in [-0.39, 0.29) is 17.9 Å². The smallest absolute Gasteiger partial charge is 0.411 e. The van der Waals surface area contributed by atoms with Crippen molar-refractivity contribution in [2.45, 2.75) is 51.3 Å². The molecule has 1 aromatic rings. The number of methoxy groups -OCH3 is 1. The average molecular weight is 349 g/mol. The second-order valence-corrected chi connectivity index (χ2v) is 6.99. The van der Waals surface area contributed by atoms with E-state index in [9.17, 15) is 14.0 Å². The van der Waals surface area contributed by atoms with Gasteiger partial charge in [0.2, 0.25) is 0 Å². The number of hydrogen-bond acceptors (Lipinski definition) is 4. The summed E-state index contributed by atoms with van der Waals surface area (Å²) in [7, 11) is 1.29. The van der Waals surface area contributed by atoms with Crippen LogP contribution in [0.5, 0.6) is 0 Å². The number of likely N-dealkylation sites (tertiary alicyclic amines) is 1. The maximum Gasteiger partial charge on any atom is 0.411 e. The molecule has 1 aliphatic heterocycles. The molecule has 6 heteroatoms. The third-order valence-corrected chi connectivity index (χ3v) is 3.92. The molecule has 1 saturated heterocycles. The minimum Gasteiger partial charge on any atom is -0.466 e. The lowest BCUT2D eigenvalue weighted by atomic mass is 10.0. The molecule has 1 fully saturated rings. The van der Waals surface area contributed by atoms with E-state index < -0.39 is 17.7 Å². The summed E-state index contributed by atoms with van der Waals surface area (Å²) in [4.78, 5) is 25.7. The van der Waals surface area contributed by atoms with Crippen LogP contribution in [0.3, 0.4) is 0 Å². The lowest BCUT2D eigenvalue weighted by molar-refractivity contribution is -0.134. The first-order chi connectivity index (χ1) is 11.7. The standard InChI is InChI=1S/C19H24FNO4/c1-19(2,3)25-18(23)21-15(9-11-17(22)24-4)8-10-16(21)13-6-5-7-14(20)12-13/h5-7,9,11-12,15-16H,8,10H2,1-4H3/b11-9+/t15-,16+/m1/s1. The lowest BCUT2D eigenvalue weighted by Gasteiger charge is -2.32. The fourth-order valence-corrected chi connectivity index (χ4v) is 2.90. The van der Waals surface area contributed by atoms with E-state index in [2.05, 4.69) is 4.74 Å². The second kappa shape index (κ2) is 7.68. The lowest BCUT2D eigenvalue weighted by Crippen LogP contribution is -2.40. The van der Waals surface area contributed by atoms with Gasteiger partial charge in [0.25, 0.3) is 0 Å². The number of ether oxygens (including phenoxy) is 2. The Labute approximate surface area is 147 Å². The van der Waals surface area contributed by atoms with E-state index in [0.717, 1.165) is 0 Å². The molecule has 1 heterocycles. The van der Waals surface area contributed by atoms with Crippen LogP contribution in [0.4, 0.5) is 9.18 Å². The van der Waals surface area contributed by atoms with E-state index in [1.807, 2.05) is 0 Å². The molecule has 1 aromatic carbocycles. The Morgan fingerprint density at radius 2 is 2.00 bits per heavy atom. The Morgan fingerprint density at radius 1 is 1.28 bits per heavy atom. The highest BCUT2D eigenvalue weighted by Gasteiger charge is 2.39. The summed E-state index contributed by atoms with van der Waals surface area (Å²) in [6.45, 7) is 5.37. The van der Waals surface area contributed by atoms with Crippen molar-refractivity contribution in [1.82, 2.24) is 4.90 Å². The Hall–Kier alpha value is -2.37. The zero-order chi connectivity index (χ0) is 18.6. The number of esters is 1. The van der Waals surface area contributed by atoms with Crippen LogP contribution in [0.1, 0.15) is 45.2 Å². The largest absolute Gasteiger partial charge is 0.466 e. The van der Waals surface area contributed by atoms with Gasteiger partial charge in [-0.25, -0.2) is 14.0 Å². The second-order valence-electron chi connectivity index (χ2n) is 6.99. The highest BCUT2D eigenvalue weighted by Crippen LogP contribution is 2.38.